The van der Waals surface area contributed by atoms with Crippen LogP contribution in [0.5, 0.6) is 0 Å². The highest BCUT2D eigenvalue weighted by Gasteiger charge is 2.45. The highest BCUT2D eigenvalue weighted by Crippen LogP contribution is 2.48. The number of fused-ring (bicyclic) bond motifs is 1. The zero-order valence-corrected chi connectivity index (χ0v) is 14.3. The molecule has 0 heterocycles. The molecule has 2 aromatic carbocycles. The molecular weight excluding hydrogens is 302 g/mol. The monoisotopic (exact) mass is 327 g/mol. The minimum atomic E-state index is -0.517. The molecule has 0 radical (unpaired) electrons. The Morgan fingerprint density at radius 2 is 2.04 bits per heavy atom. The van der Waals surface area contributed by atoms with E-state index in [0.29, 0.717) is 13.0 Å². The van der Waals surface area contributed by atoms with E-state index in [9.17, 15) is 9.90 Å². The van der Waals surface area contributed by atoms with Gasteiger partial charge in [-0.2, -0.15) is 0 Å². The first-order valence-electron chi connectivity index (χ1n) is 8.47. The molecule has 3 unspecified atom stereocenters. The van der Waals surface area contributed by atoms with Gasteiger partial charge < -0.3 is 15.2 Å². The Morgan fingerprint density at radius 1 is 1.29 bits per heavy atom. The van der Waals surface area contributed by atoms with Crippen LogP contribution in [0, 0.1) is 5.92 Å². The van der Waals surface area contributed by atoms with Gasteiger partial charge >= 0.3 is 0 Å². The van der Waals surface area contributed by atoms with Crippen molar-refractivity contribution in [1.29, 1.82) is 0 Å². The number of methoxy groups -OCH3 is 1. The SMILES string of the molecule is COCC(C)(CCO)NC(=O)C1CC1c1ccc2ccccc2c1. The summed E-state index contributed by atoms with van der Waals surface area (Å²) < 4.78 is 5.19. The van der Waals surface area contributed by atoms with Gasteiger partial charge in [-0.3, -0.25) is 4.79 Å². The van der Waals surface area contributed by atoms with Gasteiger partial charge in [-0.05, 0) is 42.0 Å². The normalized spacial score (nSPS) is 22.1. The second-order valence-electron chi connectivity index (χ2n) is 7.01. The molecule has 1 fully saturated rings. The molecule has 3 atom stereocenters. The topological polar surface area (TPSA) is 58.6 Å². The van der Waals surface area contributed by atoms with Crippen molar-refractivity contribution in [1.82, 2.24) is 5.32 Å². The summed E-state index contributed by atoms with van der Waals surface area (Å²) in [6.07, 6.45) is 1.37. The molecule has 0 spiro atoms. The third-order valence-corrected chi connectivity index (χ3v) is 4.88. The molecule has 1 saturated carbocycles. The summed E-state index contributed by atoms with van der Waals surface area (Å²) in [6, 6.07) is 14.7. The zero-order valence-electron chi connectivity index (χ0n) is 14.3. The predicted octanol–water partition coefficient (Wildman–Crippen LogP) is 2.85. The van der Waals surface area contributed by atoms with E-state index in [1.165, 1.54) is 16.3 Å². The van der Waals surface area contributed by atoms with Crippen molar-refractivity contribution in [2.45, 2.75) is 31.2 Å². The number of hydrogen-bond donors (Lipinski definition) is 2. The van der Waals surface area contributed by atoms with Crippen LogP contribution in [0.4, 0.5) is 0 Å². The Hall–Kier alpha value is -1.91. The first kappa shape index (κ1) is 16.9. The van der Waals surface area contributed by atoms with E-state index in [1.54, 1.807) is 7.11 Å². The average molecular weight is 327 g/mol. The number of hydrogen-bond acceptors (Lipinski definition) is 3. The summed E-state index contributed by atoms with van der Waals surface area (Å²) in [5, 5.41) is 14.7. The van der Waals surface area contributed by atoms with Gasteiger partial charge in [-0.25, -0.2) is 0 Å². The lowest BCUT2D eigenvalue weighted by atomic mass is 9.98. The van der Waals surface area contributed by atoms with Gasteiger partial charge in [0.05, 0.1) is 12.1 Å². The van der Waals surface area contributed by atoms with Gasteiger partial charge in [0.1, 0.15) is 0 Å². The van der Waals surface area contributed by atoms with Crippen molar-refractivity contribution in [3.05, 3.63) is 48.0 Å². The molecule has 0 bridgehead atoms. The summed E-state index contributed by atoms with van der Waals surface area (Å²) in [5.41, 5.74) is 0.710. The Balaban J connectivity index is 1.68. The smallest absolute Gasteiger partial charge is 0.224 e. The highest BCUT2D eigenvalue weighted by molar-refractivity contribution is 5.86. The van der Waals surface area contributed by atoms with E-state index >= 15 is 0 Å². The third-order valence-electron chi connectivity index (χ3n) is 4.88. The van der Waals surface area contributed by atoms with Gasteiger partial charge in [-0.15, -0.1) is 0 Å². The number of amides is 1. The van der Waals surface area contributed by atoms with Gasteiger partial charge in [0.2, 0.25) is 5.91 Å². The molecular formula is C20H25NO3. The van der Waals surface area contributed by atoms with Crippen molar-refractivity contribution < 1.29 is 14.6 Å². The summed E-state index contributed by atoms with van der Waals surface area (Å²) in [6.45, 7) is 2.34. The maximum absolute atomic E-state index is 12.6. The molecule has 4 nitrogen and oxygen atoms in total. The minimum absolute atomic E-state index is 0.0148. The van der Waals surface area contributed by atoms with Crippen molar-refractivity contribution in [3.63, 3.8) is 0 Å². The van der Waals surface area contributed by atoms with Crippen molar-refractivity contribution in [2.75, 3.05) is 20.3 Å². The molecule has 4 heteroatoms. The Kier molecular flexibility index (Phi) is 4.88. The van der Waals surface area contributed by atoms with E-state index in [2.05, 4.69) is 35.6 Å². The molecule has 3 rings (SSSR count). The molecule has 2 N–H and O–H groups in total. The minimum Gasteiger partial charge on any atom is -0.396 e. The third kappa shape index (κ3) is 3.60. The van der Waals surface area contributed by atoms with Crippen molar-refractivity contribution in [3.8, 4) is 0 Å². The van der Waals surface area contributed by atoms with Crippen LogP contribution in [0.3, 0.4) is 0 Å². The van der Waals surface area contributed by atoms with Gasteiger partial charge in [0, 0.05) is 19.6 Å². The molecule has 2 aromatic rings. The van der Waals surface area contributed by atoms with Gasteiger partial charge in [0.25, 0.3) is 0 Å². The maximum atomic E-state index is 12.6. The Bertz CT molecular complexity index is 722. The van der Waals surface area contributed by atoms with E-state index in [0.717, 1.165) is 6.42 Å². The van der Waals surface area contributed by atoms with Crippen LogP contribution in [0.25, 0.3) is 10.8 Å². The van der Waals surface area contributed by atoms with Crippen LogP contribution in [-0.2, 0) is 9.53 Å². The first-order chi connectivity index (χ1) is 11.6. The lowest BCUT2D eigenvalue weighted by Crippen LogP contribution is -2.50. The summed E-state index contributed by atoms with van der Waals surface area (Å²) in [5.74, 6) is 0.359. The summed E-state index contributed by atoms with van der Waals surface area (Å²) in [4.78, 5) is 12.6. The number of ether oxygens (including phenoxy) is 1. The molecule has 0 aromatic heterocycles. The molecule has 0 aliphatic heterocycles. The fraction of sp³-hybridized carbons (Fsp3) is 0.450. The fourth-order valence-electron chi connectivity index (χ4n) is 3.42. The predicted molar refractivity (Wildman–Crippen MR) is 94.9 cm³/mol. The average Bonchev–Trinajstić information content (AvgIpc) is 3.35. The summed E-state index contributed by atoms with van der Waals surface area (Å²) in [7, 11) is 1.61. The lowest BCUT2D eigenvalue weighted by molar-refractivity contribution is -0.125. The van der Waals surface area contributed by atoms with Gasteiger partial charge in [0.15, 0.2) is 0 Å². The van der Waals surface area contributed by atoms with Crippen LogP contribution in [0.2, 0.25) is 0 Å². The number of aliphatic hydroxyl groups is 1. The largest absolute Gasteiger partial charge is 0.396 e. The second-order valence-corrected chi connectivity index (χ2v) is 7.01. The zero-order chi connectivity index (χ0) is 17.2. The van der Waals surface area contributed by atoms with Crippen molar-refractivity contribution >= 4 is 16.7 Å². The van der Waals surface area contributed by atoms with Crippen LogP contribution in [-0.4, -0.2) is 36.9 Å². The molecule has 1 amide bonds. The van der Waals surface area contributed by atoms with E-state index < -0.39 is 5.54 Å². The molecule has 24 heavy (non-hydrogen) atoms. The van der Waals surface area contributed by atoms with Gasteiger partial charge in [-0.1, -0.05) is 42.5 Å². The van der Waals surface area contributed by atoms with E-state index in [1.807, 2.05) is 19.1 Å². The van der Waals surface area contributed by atoms with Crippen LogP contribution >= 0.6 is 0 Å². The Morgan fingerprint density at radius 3 is 2.75 bits per heavy atom. The van der Waals surface area contributed by atoms with Crippen LogP contribution in [0.1, 0.15) is 31.2 Å². The van der Waals surface area contributed by atoms with Crippen LogP contribution < -0.4 is 5.32 Å². The standard InChI is InChI=1S/C20H25NO3/c1-20(9-10-22,13-24-2)21-19(23)18-12-17(18)16-8-7-14-5-3-4-6-15(14)11-16/h3-8,11,17-18,22H,9-10,12-13H2,1-2H3,(H,21,23). The maximum Gasteiger partial charge on any atom is 0.224 e. The lowest BCUT2D eigenvalue weighted by Gasteiger charge is -2.29. The first-order valence-corrected chi connectivity index (χ1v) is 8.47. The fourth-order valence-corrected chi connectivity index (χ4v) is 3.42. The molecule has 1 aliphatic carbocycles. The number of carbonyl (C=O) groups excluding carboxylic acids is 1. The van der Waals surface area contributed by atoms with E-state index in [-0.39, 0.29) is 24.3 Å². The number of aliphatic hydroxyl groups excluding tert-OH is 1. The number of carbonyl (C=O) groups is 1. The molecule has 0 saturated heterocycles. The highest BCUT2D eigenvalue weighted by atomic mass is 16.5. The van der Waals surface area contributed by atoms with Crippen LogP contribution in [0.15, 0.2) is 42.5 Å². The molecule has 128 valence electrons. The van der Waals surface area contributed by atoms with E-state index in [4.69, 9.17) is 4.74 Å². The number of nitrogens with one attached hydrogen (secondary N) is 1. The Labute approximate surface area is 142 Å². The number of benzene rings is 2. The summed E-state index contributed by atoms with van der Waals surface area (Å²) >= 11 is 0. The second kappa shape index (κ2) is 6.91. The number of rotatable bonds is 7. The molecule has 1 aliphatic rings. The quantitative estimate of drug-likeness (QED) is 0.822. The van der Waals surface area contributed by atoms with Crippen molar-refractivity contribution in [2.24, 2.45) is 5.92 Å².